The topological polar surface area (TPSA) is 29.1 Å². The zero-order valence-electron chi connectivity index (χ0n) is 15.5. The molecule has 3 aromatic rings. The Bertz CT molecular complexity index is 1140. The molecule has 2 nitrogen and oxygen atoms in total. The molecule has 0 saturated carbocycles. The van der Waals surface area contributed by atoms with Gasteiger partial charge in [0.05, 0.1) is 5.56 Å². The summed E-state index contributed by atoms with van der Waals surface area (Å²) >= 11 is 0. The van der Waals surface area contributed by atoms with Gasteiger partial charge in [-0.3, -0.25) is 4.79 Å². The van der Waals surface area contributed by atoms with Crippen LogP contribution < -0.4 is 5.32 Å². The standard InChI is InChI=1S/C21H11F8NO/c1-9-3-2-4-12(10-5-7-11(22)8-6-10)13(9)20(31)30-19-17(25)15(23)14(21(27,28)29)16(24)18(19)26/h2-8H,1H3,(H,30,31). The SMILES string of the molecule is Cc1cccc(-c2ccc(F)cc2)c1C(=O)Nc1c(F)c(F)c(C(F)(F)F)c(F)c1F. The third-order valence-corrected chi connectivity index (χ3v) is 4.44. The third-order valence-electron chi connectivity index (χ3n) is 4.44. The molecule has 0 aliphatic rings. The number of anilines is 1. The van der Waals surface area contributed by atoms with Crippen molar-refractivity contribution in [2.45, 2.75) is 13.1 Å². The molecule has 162 valence electrons. The first-order valence-electron chi connectivity index (χ1n) is 8.53. The lowest BCUT2D eigenvalue weighted by Crippen LogP contribution is -2.21. The second kappa shape index (κ2) is 8.01. The number of hydrogen-bond donors (Lipinski definition) is 1. The Labute approximate surface area is 170 Å². The summed E-state index contributed by atoms with van der Waals surface area (Å²) in [5.74, 6) is -12.0. The largest absolute Gasteiger partial charge is 0.422 e. The molecule has 0 bridgehead atoms. The Morgan fingerprint density at radius 1 is 0.806 bits per heavy atom. The number of aryl methyl sites for hydroxylation is 1. The van der Waals surface area contributed by atoms with Gasteiger partial charge in [0.15, 0.2) is 23.3 Å². The number of alkyl halides is 3. The third kappa shape index (κ3) is 4.10. The summed E-state index contributed by atoms with van der Waals surface area (Å²) < 4.78 is 107. The molecule has 0 aliphatic carbocycles. The summed E-state index contributed by atoms with van der Waals surface area (Å²) in [7, 11) is 0. The summed E-state index contributed by atoms with van der Waals surface area (Å²) in [5, 5.41) is 1.61. The van der Waals surface area contributed by atoms with Crippen molar-refractivity contribution in [1.29, 1.82) is 0 Å². The first kappa shape index (κ1) is 22.3. The predicted molar refractivity (Wildman–Crippen MR) is 95.8 cm³/mol. The number of nitrogens with one attached hydrogen (secondary N) is 1. The maximum atomic E-state index is 14.1. The molecule has 0 unspecified atom stereocenters. The first-order chi connectivity index (χ1) is 14.4. The highest BCUT2D eigenvalue weighted by atomic mass is 19.4. The van der Waals surface area contributed by atoms with E-state index in [1.807, 2.05) is 0 Å². The van der Waals surface area contributed by atoms with Crippen molar-refractivity contribution in [3.63, 3.8) is 0 Å². The Morgan fingerprint density at radius 2 is 1.35 bits per heavy atom. The van der Waals surface area contributed by atoms with Crippen LogP contribution in [-0.2, 0) is 6.18 Å². The van der Waals surface area contributed by atoms with Crippen molar-refractivity contribution in [2.75, 3.05) is 5.32 Å². The average Bonchev–Trinajstić information content (AvgIpc) is 2.69. The summed E-state index contributed by atoms with van der Waals surface area (Å²) in [6.07, 6.45) is -5.70. The van der Waals surface area contributed by atoms with Gasteiger partial charge in [0.1, 0.15) is 17.1 Å². The van der Waals surface area contributed by atoms with Gasteiger partial charge < -0.3 is 5.32 Å². The quantitative estimate of drug-likeness (QED) is 0.356. The second-order valence-electron chi connectivity index (χ2n) is 6.46. The van der Waals surface area contributed by atoms with E-state index in [0.29, 0.717) is 5.56 Å². The summed E-state index contributed by atoms with van der Waals surface area (Å²) in [6.45, 7) is 1.45. The van der Waals surface area contributed by atoms with Gasteiger partial charge in [-0.05, 0) is 35.7 Å². The molecule has 0 saturated heterocycles. The molecular formula is C21H11F8NO. The van der Waals surface area contributed by atoms with Crippen molar-refractivity contribution in [2.24, 2.45) is 0 Å². The average molecular weight is 445 g/mol. The molecule has 0 atom stereocenters. The van der Waals surface area contributed by atoms with Crippen LogP contribution in [0.25, 0.3) is 11.1 Å². The molecule has 1 amide bonds. The summed E-state index contributed by atoms with van der Waals surface area (Å²) in [4.78, 5) is 12.7. The van der Waals surface area contributed by atoms with Gasteiger partial charge >= 0.3 is 6.18 Å². The molecule has 0 heterocycles. The van der Waals surface area contributed by atoms with E-state index >= 15 is 0 Å². The lowest BCUT2D eigenvalue weighted by molar-refractivity contribution is -0.143. The van der Waals surface area contributed by atoms with Crippen LogP contribution in [0.4, 0.5) is 40.8 Å². The Balaban J connectivity index is 2.11. The van der Waals surface area contributed by atoms with Crippen molar-refractivity contribution >= 4 is 11.6 Å². The van der Waals surface area contributed by atoms with E-state index < -0.39 is 52.4 Å². The van der Waals surface area contributed by atoms with Gasteiger partial charge in [-0.2, -0.15) is 13.2 Å². The Hall–Kier alpha value is -3.43. The minimum atomic E-state index is -5.70. The number of carbonyl (C=O) groups excluding carboxylic acids is 1. The molecule has 1 N–H and O–H groups in total. The molecule has 10 heteroatoms. The fourth-order valence-corrected chi connectivity index (χ4v) is 3.01. The van der Waals surface area contributed by atoms with Crippen LogP contribution in [0.3, 0.4) is 0 Å². The van der Waals surface area contributed by atoms with Crippen molar-refractivity contribution in [3.8, 4) is 11.1 Å². The second-order valence-corrected chi connectivity index (χ2v) is 6.46. The van der Waals surface area contributed by atoms with E-state index in [-0.39, 0.29) is 16.7 Å². The van der Waals surface area contributed by atoms with E-state index in [9.17, 15) is 39.9 Å². The highest BCUT2D eigenvalue weighted by molar-refractivity contribution is 6.10. The van der Waals surface area contributed by atoms with E-state index in [1.165, 1.54) is 37.3 Å². The van der Waals surface area contributed by atoms with Crippen molar-refractivity contribution < 1.29 is 39.9 Å². The normalized spacial score (nSPS) is 11.5. The minimum absolute atomic E-state index is 0.186. The van der Waals surface area contributed by atoms with Gasteiger partial charge in [-0.15, -0.1) is 0 Å². The molecule has 0 aromatic heterocycles. The van der Waals surface area contributed by atoms with E-state index in [4.69, 9.17) is 0 Å². The van der Waals surface area contributed by atoms with Gasteiger partial charge in [0, 0.05) is 0 Å². The molecule has 31 heavy (non-hydrogen) atoms. The van der Waals surface area contributed by atoms with Gasteiger partial charge in [-0.1, -0.05) is 30.3 Å². The fraction of sp³-hybridized carbons (Fsp3) is 0.0952. The molecule has 0 fully saturated rings. The van der Waals surface area contributed by atoms with Crippen molar-refractivity contribution in [1.82, 2.24) is 0 Å². The zero-order valence-corrected chi connectivity index (χ0v) is 15.5. The van der Waals surface area contributed by atoms with Gasteiger partial charge in [-0.25, -0.2) is 22.0 Å². The van der Waals surface area contributed by atoms with Crippen LogP contribution in [0.15, 0.2) is 42.5 Å². The number of hydrogen-bond acceptors (Lipinski definition) is 1. The maximum absolute atomic E-state index is 14.1. The summed E-state index contributed by atoms with van der Waals surface area (Å²) in [5.41, 5.74) is -3.85. The fourth-order valence-electron chi connectivity index (χ4n) is 3.01. The maximum Gasteiger partial charge on any atom is 0.422 e. The predicted octanol–water partition coefficient (Wildman–Crippen LogP) is 6.63. The van der Waals surface area contributed by atoms with Crippen LogP contribution in [-0.4, -0.2) is 5.91 Å². The van der Waals surface area contributed by atoms with Crippen LogP contribution in [0.5, 0.6) is 0 Å². The number of benzene rings is 3. The number of carbonyl (C=O) groups is 1. The highest BCUT2D eigenvalue weighted by Gasteiger charge is 2.42. The minimum Gasteiger partial charge on any atom is -0.317 e. The van der Waals surface area contributed by atoms with Gasteiger partial charge in [0.25, 0.3) is 5.91 Å². The molecular weight excluding hydrogens is 434 g/mol. The van der Waals surface area contributed by atoms with Crippen LogP contribution >= 0.6 is 0 Å². The van der Waals surface area contributed by atoms with Crippen LogP contribution in [0, 0.1) is 36.0 Å². The van der Waals surface area contributed by atoms with E-state index in [1.54, 1.807) is 5.32 Å². The number of rotatable bonds is 3. The molecule has 0 aliphatic heterocycles. The first-order valence-corrected chi connectivity index (χ1v) is 8.53. The molecule has 0 radical (unpaired) electrons. The Kier molecular flexibility index (Phi) is 5.75. The Morgan fingerprint density at radius 3 is 1.87 bits per heavy atom. The zero-order chi connectivity index (χ0) is 23.1. The monoisotopic (exact) mass is 445 g/mol. The highest BCUT2D eigenvalue weighted by Crippen LogP contribution is 2.39. The molecule has 3 rings (SSSR count). The van der Waals surface area contributed by atoms with Crippen molar-refractivity contribution in [3.05, 3.63) is 88.2 Å². The molecule has 3 aromatic carbocycles. The molecule has 0 spiro atoms. The van der Waals surface area contributed by atoms with Crippen LogP contribution in [0.1, 0.15) is 21.5 Å². The van der Waals surface area contributed by atoms with Crippen LogP contribution in [0.2, 0.25) is 0 Å². The summed E-state index contributed by atoms with van der Waals surface area (Å²) in [6, 6.07) is 9.24. The van der Waals surface area contributed by atoms with E-state index in [2.05, 4.69) is 0 Å². The lowest BCUT2D eigenvalue weighted by atomic mass is 9.95. The number of halogens is 8. The lowest BCUT2D eigenvalue weighted by Gasteiger charge is -2.16. The smallest absolute Gasteiger partial charge is 0.317 e. The number of amides is 1. The van der Waals surface area contributed by atoms with Gasteiger partial charge in [0.2, 0.25) is 0 Å². The van der Waals surface area contributed by atoms with E-state index in [0.717, 1.165) is 12.1 Å².